The van der Waals surface area contributed by atoms with Crippen LogP contribution in [0.15, 0.2) is 22.0 Å². The van der Waals surface area contributed by atoms with Gasteiger partial charge in [-0.25, -0.2) is 15.3 Å². The van der Waals surface area contributed by atoms with Gasteiger partial charge in [0, 0.05) is 18.3 Å². The molecule has 0 aliphatic heterocycles. The summed E-state index contributed by atoms with van der Waals surface area (Å²) in [7, 11) is 0. The molecule has 4 N–H and O–H groups in total. The summed E-state index contributed by atoms with van der Waals surface area (Å²) in [6, 6.07) is 0. The Morgan fingerprint density at radius 3 is 2.81 bits per heavy atom. The molecule has 0 fully saturated rings. The van der Waals surface area contributed by atoms with E-state index < -0.39 is 11.6 Å². The molecule has 0 atom stereocenters. The lowest BCUT2D eigenvalue weighted by molar-refractivity contribution is 0.0948. The number of hydrogen-bond acceptors (Lipinski definition) is 6. The van der Waals surface area contributed by atoms with E-state index in [1.165, 1.54) is 21.6 Å². The number of aryl methyl sites for hydroxylation is 3. The Hall–Kier alpha value is -2.75. The third-order valence-electron chi connectivity index (χ3n) is 2.94. The molecule has 1 amide bonds. The lowest BCUT2D eigenvalue weighted by Crippen LogP contribution is -2.32. The first-order chi connectivity index (χ1) is 10.0. The number of aromatic amines is 1. The smallest absolute Gasteiger partial charge is 0.298 e. The molecule has 10 heteroatoms. The van der Waals surface area contributed by atoms with Crippen molar-refractivity contribution in [1.29, 1.82) is 0 Å². The molecule has 10 nitrogen and oxygen atoms in total. The average Bonchev–Trinajstić information content (AvgIpc) is 2.94. The van der Waals surface area contributed by atoms with Crippen molar-refractivity contribution in [2.24, 2.45) is 5.84 Å². The predicted molar refractivity (Wildman–Crippen MR) is 72.4 cm³/mol. The van der Waals surface area contributed by atoms with E-state index in [2.05, 4.69) is 15.3 Å². The van der Waals surface area contributed by atoms with Crippen molar-refractivity contribution in [3.8, 4) is 0 Å². The Bertz CT molecular complexity index is 758. The quantitative estimate of drug-likeness (QED) is 0.330. The molecule has 0 saturated carbocycles. The number of rotatable bonds is 5. The zero-order chi connectivity index (χ0) is 15.4. The lowest BCUT2D eigenvalue weighted by Gasteiger charge is -2.06. The molecule has 0 spiro atoms. The van der Waals surface area contributed by atoms with Crippen LogP contribution in [0.2, 0.25) is 0 Å². The molecule has 0 unspecified atom stereocenters. The highest BCUT2D eigenvalue weighted by Gasteiger charge is 2.09. The summed E-state index contributed by atoms with van der Waals surface area (Å²) in [5.74, 6) is 4.44. The van der Waals surface area contributed by atoms with Gasteiger partial charge >= 0.3 is 5.69 Å². The van der Waals surface area contributed by atoms with Crippen LogP contribution in [-0.4, -0.2) is 30.5 Å². The summed E-state index contributed by atoms with van der Waals surface area (Å²) in [4.78, 5) is 36.6. The summed E-state index contributed by atoms with van der Waals surface area (Å²) in [6.45, 7) is 2.43. The predicted octanol–water partition coefficient (Wildman–Crippen LogP) is -2.01. The summed E-state index contributed by atoms with van der Waals surface area (Å²) >= 11 is 0. The largest absolute Gasteiger partial charge is 0.328 e. The second-order valence-corrected chi connectivity index (χ2v) is 4.30. The molecule has 0 aliphatic carbocycles. The van der Waals surface area contributed by atoms with E-state index in [9.17, 15) is 14.4 Å². The van der Waals surface area contributed by atoms with Crippen LogP contribution in [0, 0.1) is 0 Å². The standard InChI is InChI=1S/C11H15N7O3/c1-2-7-5-17(11(21)13-9(7)19)3-4-18-6-8(15-16-18)10(20)14-12/h5-6H,2-4,12H2,1H3,(H,14,20)(H,13,19,21). The maximum atomic E-state index is 11.7. The molecule has 0 saturated heterocycles. The normalized spacial score (nSPS) is 10.6. The SMILES string of the molecule is CCc1cn(CCn2cc(C(=O)NN)nn2)c(=O)[nH]c1=O. The third kappa shape index (κ3) is 3.23. The fraction of sp³-hybridized carbons (Fsp3) is 0.364. The van der Waals surface area contributed by atoms with Gasteiger partial charge in [-0.2, -0.15) is 0 Å². The number of aromatic nitrogens is 5. The van der Waals surface area contributed by atoms with Crippen LogP contribution < -0.4 is 22.5 Å². The fourth-order valence-corrected chi connectivity index (χ4v) is 1.77. The Kier molecular flexibility index (Phi) is 4.28. The number of H-pyrrole nitrogens is 1. The van der Waals surface area contributed by atoms with E-state index in [-0.39, 0.29) is 17.8 Å². The van der Waals surface area contributed by atoms with Crippen molar-refractivity contribution in [3.63, 3.8) is 0 Å². The van der Waals surface area contributed by atoms with Crippen LogP contribution in [0.25, 0.3) is 0 Å². The number of carbonyl (C=O) groups is 1. The van der Waals surface area contributed by atoms with Crippen LogP contribution in [0.4, 0.5) is 0 Å². The molecule has 0 bridgehead atoms. The minimum Gasteiger partial charge on any atom is -0.298 e. The van der Waals surface area contributed by atoms with Crippen LogP contribution in [0.1, 0.15) is 23.0 Å². The van der Waals surface area contributed by atoms with Gasteiger partial charge < -0.3 is 0 Å². The van der Waals surface area contributed by atoms with Gasteiger partial charge in [-0.05, 0) is 6.42 Å². The number of nitrogens with one attached hydrogen (secondary N) is 2. The van der Waals surface area contributed by atoms with Crippen molar-refractivity contribution < 1.29 is 4.79 Å². The van der Waals surface area contributed by atoms with Gasteiger partial charge in [0.2, 0.25) is 0 Å². The number of nitrogens with two attached hydrogens (primary N) is 1. The molecule has 112 valence electrons. The molecule has 2 aromatic heterocycles. The Morgan fingerprint density at radius 1 is 1.38 bits per heavy atom. The Balaban J connectivity index is 2.13. The van der Waals surface area contributed by atoms with Crippen LogP contribution in [-0.2, 0) is 19.5 Å². The zero-order valence-corrected chi connectivity index (χ0v) is 11.4. The van der Waals surface area contributed by atoms with Gasteiger partial charge in [-0.3, -0.25) is 24.6 Å². The number of hydrogen-bond donors (Lipinski definition) is 3. The molecule has 21 heavy (non-hydrogen) atoms. The van der Waals surface area contributed by atoms with E-state index in [1.54, 1.807) is 0 Å². The Labute approximate surface area is 118 Å². The van der Waals surface area contributed by atoms with Gasteiger partial charge in [0.15, 0.2) is 5.69 Å². The number of amides is 1. The van der Waals surface area contributed by atoms with E-state index >= 15 is 0 Å². The van der Waals surface area contributed by atoms with E-state index in [4.69, 9.17) is 5.84 Å². The molecule has 2 aromatic rings. The van der Waals surface area contributed by atoms with Gasteiger partial charge in [-0.1, -0.05) is 12.1 Å². The maximum Gasteiger partial charge on any atom is 0.328 e. The van der Waals surface area contributed by atoms with Gasteiger partial charge in [0.05, 0.1) is 12.7 Å². The zero-order valence-electron chi connectivity index (χ0n) is 11.4. The van der Waals surface area contributed by atoms with E-state index in [1.807, 2.05) is 12.3 Å². The van der Waals surface area contributed by atoms with Gasteiger partial charge in [-0.15, -0.1) is 5.10 Å². The summed E-state index contributed by atoms with van der Waals surface area (Å²) in [6.07, 6.45) is 3.46. The fourth-order valence-electron chi connectivity index (χ4n) is 1.77. The van der Waals surface area contributed by atoms with Gasteiger partial charge in [0.1, 0.15) is 0 Å². The van der Waals surface area contributed by atoms with Crippen LogP contribution in [0.3, 0.4) is 0 Å². The highest BCUT2D eigenvalue weighted by Crippen LogP contribution is 1.94. The first-order valence-corrected chi connectivity index (χ1v) is 6.29. The number of nitrogen functional groups attached to an aromatic ring is 1. The molecular formula is C11H15N7O3. The van der Waals surface area contributed by atoms with Crippen molar-refractivity contribution in [2.45, 2.75) is 26.4 Å². The molecule has 0 aromatic carbocycles. The van der Waals surface area contributed by atoms with Crippen LogP contribution >= 0.6 is 0 Å². The highest BCUT2D eigenvalue weighted by molar-refractivity contribution is 5.91. The summed E-state index contributed by atoms with van der Waals surface area (Å²) < 4.78 is 2.79. The summed E-state index contributed by atoms with van der Waals surface area (Å²) in [5.41, 5.74) is 1.70. The lowest BCUT2D eigenvalue weighted by atomic mass is 10.3. The first kappa shape index (κ1) is 14.7. The van der Waals surface area contributed by atoms with E-state index in [0.717, 1.165) is 0 Å². The first-order valence-electron chi connectivity index (χ1n) is 6.29. The number of carbonyl (C=O) groups excluding carboxylic acids is 1. The number of hydrazine groups is 1. The minimum absolute atomic E-state index is 0.0839. The Morgan fingerprint density at radius 2 is 2.14 bits per heavy atom. The van der Waals surface area contributed by atoms with Gasteiger partial charge in [0.25, 0.3) is 11.5 Å². The minimum atomic E-state index is -0.546. The van der Waals surface area contributed by atoms with Crippen molar-refractivity contribution in [3.05, 3.63) is 44.5 Å². The molecular weight excluding hydrogens is 278 g/mol. The molecule has 2 rings (SSSR count). The topological polar surface area (TPSA) is 141 Å². The number of nitrogens with zero attached hydrogens (tertiary/aromatic N) is 4. The third-order valence-corrected chi connectivity index (χ3v) is 2.94. The van der Waals surface area contributed by atoms with Crippen molar-refractivity contribution in [2.75, 3.05) is 0 Å². The molecule has 0 aliphatic rings. The van der Waals surface area contributed by atoms with E-state index in [0.29, 0.717) is 18.5 Å². The molecule has 0 radical (unpaired) electrons. The maximum absolute atomic E-state index is 11.7. The van der Waals surface area contributed by atoms with Crippen molar-refractivity contribution in [1.82, 2.24) is 30.0 Å². The monoisotopic (exact) mass is 293 g/mol. The van der Waals surface area contributed by atoms with Crippen LogP contribution in [0.5, 0.6) is 0 Å². The summed E-state index contributed by atoms with van der Waals surface area (Å²) in [5, 5.41) is 7.40. The highest BCUT2D eigenvalue weighted by atomic mass is 16.2. The second-order valence-electron chi connectivity index (χ2n) is 4.30. The molecule has 2 heterocycles. The second kappa shape index (κ2) is 6.13. The van der Waals surface area contributed by atoms with Crippen molar-refractivity contribution >= 4 is 5.91 Å². The average molecular weight is 293 g/mol.